The van der Waals surface area contributed by atoms with E-state index >= 15 is 0 Å². The molecule has 0 aliphatic heterocycles. The number of carbonyl (C=O) groups is 2. The monoisotopic (exact) mass is 650 g/mol. The first-order valence-electron chi connectivity index (χ1n) is 11.6. The van der Waals surface area contributed by atoms with Crippen LogP contribution in [0.5, 0.6) is 5.75 Å². The number of aliphatic carboxylic acids is 1. The third-order valence-electron chi connectivity index (χ3n) is 5.07. The van der Waals surface area contributed by atoms with Crippen LogP contribution in [0.2, 0.25) is 0 Å². The number of carboxylic acids is 1. The van der Waals surface area contributed by atoms with Crippen LogP contribution in [0, 0.1) is 25.5 Å². The van der Waals surface area contributed by atoms with Gasteiger partial charge in [0.15, 0.2) is 0 Å². The minimum atomic E-state index is -5.08. The van der Waals surface area contributed by atoms with Gasteiger partial charge in [-0.2, -0.15) is 13.2 Å². The van der Waals surface area contributed by atoms with Gasteiger partial charge in [0.05, 0.1) is 13.2 Å². The summed E-state index contributed by atoms with van der Waals surface area (Å²) in [7, 11) is 0. The highest BCUT2D eigenvalue weighted by molar-refractivity contribution is 9.10. The summed E-state index contributed by atoms with van der Waals surface area (Å²) in [4.78, 5) is 42.2. The van der Waals surface area contributed by atoms with Gasteiger partial charge in [-0.3, -0.25) is 9.59 Å². The second kappa shape index (κ2) is 14.5. The molecular weight excluding hydrogens is 627 g/mol. The Morgan fingerprint density at radius 3 is 2.39 bits per heavy atom. The van der Waals surface area contributed by atoms with Gasteiger partial charge in [-0.1, -0.05) is 0 Å². The fourth-order valence-electron chi connectivity index (χ4n) is 3.11. The Balaban J connectivity index is 0.000000745. The molecule has 0 aliphatic rings. The van der Waals surface area contributed by atoms with Gasteiger partial charge in [-0.15, -0.1) is 0 Å². The third-order valence-corrected chi connectivity index (χ3v) is 5.80. The average molecular weight is 651 g/mol. The van der Waals surface area contributed by atoms with Crippen molar-refractivity contribution in [1.29, 1.82) is 0 Å². The lowest BCUT2D eigenvalue weighted by molar-refractivity contribution is -0.192. The zero-order valence-corrected chi connectivity index (χ0v) is 23.4. The fraction of sp³-hybridized carbons (Fsp3) is 0.320. The van der Waals surface area contributed by atoms with E-state index < -0.39 is 29.7 Å². The maximum absolute atomic E-state index is 13.9. The summed E-state index contributed by atoms with van der Waals surface area (Å²) in [5.74, 6) is -3.47. The Morgan fingerprint density at radius 2 is 1.80 bits per heavy atom. The Labute approximate surface area is 238 Å². The molecule has 0 saturated carbocycles. The number of carbonyl (C=O) groups excluding carboxylic acids is 1. The van der Waals surface area contributed by atoms with E-state index in [9.17, 15) is 31.5 Å². The van der Waals surface area contributed by atoms with Crippen LogP contribution >= 0.6 is 15.9 Å². The van der Waals surface area contributed by atoms with Crippen LogP contribution in [-0.4, -0.2) is 50.9 Å². The van der Waals surface area contributed by atoms with Gasteiger partial charge in [0.1, 0.15) is 46.7 Å². The molecule has 0 bridgehead atoms. The lowest BCUT2D eigenvalue weighted by atomic mass is 10.2. The molecule has 0 fully saturated rings. The number of esters is 1. The first-order chi connectivity index (χ1) is 19.1. The minimum absolute atomic E-state index is 0.0818. The van der Waals surface area contributed by atoms with Crippen molar-refractivity contribution in [1.82, 2.24) is 14.5 Å². The Morgan fingerprint density at radius 1 is 1.15 bits per heavy atom. The zero-order chi connectivity index (χ0) is 30.9. The standard InChI is InChI=1S/C23H23BrF2N4O4.C2HF3O2/c1-4-33-20(31)10-28-22-16(9-27-14(3)29-22)11-30-13(2)7-19(21(24)23(30)32)34-12-15-5-6-17(25)8-18(15)26;3-2(4,5)1(6)7/h5-9H,4,10-12H2,1-3H3,(H,27,28,29);(H,6,7). The molecule has 2 N–H and O–H groups in total. The lowest BCUT2D eigenvalue weighted by Crippen LogP contribution is -2.25. The van der Waals surface area contributed by atoms with E-state index in [0.717, 1.165) is 12.1 Å². The van der Waals surface area contributed by atoms with Gasteiger partial charge in [0, 0.05) is 35.2 Å². The summed E-state index contributed by atoms with van der Waals surface area (Å²) in [5.41, 5.74) is 0.935. The number of anilines is 1. The summed E-state index contributed by atoms with van der Waals surface area (Å²) in [5, 5.41) is 10.1. The van der Waals surface area contributed by atoms with Crippen molar-refractivity contribution in [2.45, 2.75) is 40.1 Å². The van der Waals surface area contributed by atoms with E-state index in [0.29, 0.717) is 22.9 Å². The van der Waals surface area contributed by atoms with E-state index in [2.05, 4.69) is 31.2 Å². The average Bonchev–Trinajstić information content (AvgIpc) is 2.88. The van der Waals surface area contributed by atoms with Crippen molar-refractivity contribution >= 4 is 33.7 Å². The molecule has 0 saturated heterocycles. The molecule has 2 heterocycles. The number of pyridine rings is 1. The van der Waals surface area contributed by atoms with Crippen molar-refractivity contribution in [2.75, 3.05) is 18.5 Å². The number of alkyl halides is 3. The quantitative estimate of drug-likeness (QED) is 0.253. The molecule has 2 aromatic heterocycles. The fourth-order valence-corrected chi connectivity index (χ4v) is 3.56. The molecule has 3 rings (SSSR count). The van der Waals surface area contributed by atoms with Crippen LogP contribution in [0.3, 0.4) is 0 Å². The van der Waals surface area contributed by atoms with E-state index in [-0.39, 0.29) is 47.6 Å². The summed E-state index contributed by atoms with van der Waals surface area (Å²) >= 11 is 3.26. The van der Waals surface area contributed by atoms with Gasteiger partial charge in [0.2, 0.25) is 0 Å². The van der Waals surface area contributed by atoms with E-state index in [4.69, 9.17) is 19.4 Å². The lowest BCUT2D eigenvalue weighted by Gasteiger charge is -2.16. The van der Waals surface area contributed by atoms with Crippen LogP contribution in [0.1, 0.15) is 29.6 Å². The number of halogens is 6. The number of carboxylic acid groups (broad SMARTS) is 1. The van der Waals surface area contributed by atoms with Crippen LogP contribution < -0.4 is 15.6 Å². The first-order valence-corrected chi connectivity index (χ1v) is 12.4. The van der Waals surface area contributed by atoms with Gasteiger partial charge >= 0.3 is 18.1 Å². The highest BCUT2D eigenvalue weighted by Gasteiger charge is 2.38. The predicted octanol–water partition coefficient (Wildman–Crippen LogP) is 4.53. The maximum Gasteiger partial charge on any atom is 0.490 e. The molecule has 3 aromatic rings. The molecule has 0 aliphatic carbocycles. The van der Waals surface area contributed by atoms with Crippen molar-refractivity contribution in [3.8, 4) is 5.75 Å². The van der Waals surface area contributed by atoms with Crippen molar-refractivity contribution < 1.29 is 46.1 Å². The number of rotatable bonds is 9. The molecule has 0 unspecified atom stereocenters. The van der Waals surface area contributed by atoms with Gasteiger partial charge in [0.25, 0.3) is 5.56 Å². The molecule has 10 nitrogen and oxygen atoms in total. The smallest absolute Gasteiger partial charge is 0.487 e. The summed E-state index contributed by atoms with van der Waals surface area (Å²) < 4.78 is 70.9. The molecule has 41 heavy (non-hydrogen) atoms. The van der Waals surface area contributed by atoms with Crippen LogP contribution in [0.15, 0.2) is 39.7 Å². The number of nitrogens with one attached hydrogen (secondary N) is 1. The molecule has 0 amide bonds. The second-order valence-electron chi connectivity index (χ2n) is 8.13. The SMILES string of the molecule is CCOC(=O)CNc1nc(C)ncc1Cn1c(C)cc(OCc2ccc(F)cc2F)c(Br)c1=O.O=C(O)C(F)(F)F. The molecule has 0 spiro atoms. The third kappa shape index (κ3) is 9.81. The van der Waals surface area contributed by atoms with E-state index in [1.165, 1.54) is 10.6 Å². The van der Waals surface area contributed by atoms with Crippen LogP contribution in [-0.2, 0) is 27.5 Å². The number of aryl methyl sites for hydroxylation is 2. The Kier molecular flexibility index (Phi) is 11.7. The summed E-state index contributed by atoms with van der Waals surface area (Å²) in [6.45, 7) is 5.28. The molecule has 16 heteroatoms. The molecule has 0 atom stereocenters. The number of nitrogens with zero attached hydrogens (tertiary/aromatic N) is 3. The van der Waals surface area contributed by atoms with E-state index in [1.54, 1.807) is 33.0 Å². The number of hydrogen-bond acceptors (Lipinski definition) is 8. The largest absolute Gasteiger partial charge is 0.490 e. The normalized spacial score (nSPS) is 10.9. The van der Waals surface area contributed by atoms with Crippen molar-refractivity contribution in [2.24, 2.45) is 0 Å². The topological polar surface area (TPSA) is 133 Å². The highest BCUT2D eigenvalue weighted by atomic mass is 79.9. The van der Waals surface area contributed by atoms with Crippen molar-refractivity contribution in [3.63, 3.8) is 0 Å². The summed E-state index contributed by atoms with van der Waals surface area (Å²) in [6.07, 6.45) is -3.50. The first kappa shape index (κ1) is 33.1. The van der Waals surface area contributed by atoms with Crippen molar-refractivity contribution in [3.05, 3.63) is 79.6 Å². The minimum Gasteiger partial charge on any atom is -0.487 e. The molecule has 0 radical (unpaired) electrons. The Bertz CT molecular complexity index is 1470. The Hall–Kier alpha value is -4.08. The molecule has 222 valence electrons. The second-order valence-corrected chi connectivity index (χ2v) is 8.93. The van der Waals surface area contributed by atoms with Crippen LogP contribution in [0.4, 0.5) is 27.8 Å². The predicted molar refractivity (Wildman–Crippen MR) is 139 cm³/mol. The molecular formula is C25H24BrF5N4O6. The highest BCUT2D eigenvalue weighted by Crippen LogP contribution is 2.25. The number of aromatic nitrogens is 3. The van der Waals surface area contributed by atoms with Crippen LogP contribution in [0.25, 0.3) is 0 Å². The number of benzene rings is 1. The maximum atomic E-state index is 13.9. The van der Waals surface area contributed by atoms with Gasteiger partial charge in [-0.25, -0.2) is 23.5 Å². The van der Waals surface area contributed by atoms with E-state index in [1.807, 2.05) is 0 Å². The summed E-state index contributed by atoms with van der Waals surface area (Å²) in [6, 6.07) is 4.83. The molecule has 1 aromatic carbocycles. The number of hydrogen-bond donors (Lipinski definition) is 2. The zero-order valence-electron chi connectivity index (χ0n) is 21.8. The van der Waals surface area contributed by atoms with Gasteiger partial charge in [-0.05, 0) is 48.8 Å². The van der Waals surface area contributed by atoms with Gasteiger partial charge < -0.3 is 24.5 Å². The number of ether oxygens (including phenoxy) is 2.